The zero-order valence-electron chi connectivity index (χ0n) is 19.9. The minimum atomic E-state index is -3.82. The Labute approximate surface area is 202 Å². The number of fused-ring (bicyclic) bond motifs is 1. The summed E-state index contributed by atoms with van der Waals surface area (Å²) in [4.78, 5) is 13.5. The van der Waals surface area contributed by atoms with E-state index in [1.54, 1.807) is 24.3 Å². The van der Waals surface area contributed by atoms with Crippen molar-refractivity contribution in [2.75, 3.05) is 0 Å². The van der Waals surface area contributed by atoms with E-state index in [2.05, 4.69) is 11.6 Å². The molecule has 7 heteroatoms. The molecule has 6 nitrogen and oxygen atoms in total. The van der Waals surface area contributed by atoms with Gasteiger partial charge in [-0.25, -0.2) is 8.42 Å². The second kappa shape index (κ2) is 10.6. The summed E-state index contributed by atoms with van der Waals surface area (Å²) in [6, 6.07) is 13.6. The summed E-state index contributed by atoms with van der Waals surface area (Å²) < 4.78 is 35.1. The summed E-state index contributed by atoms with van der Waals surface area (Å²) in [7, 11) is -3.82. The van der Waals surface area contributed by atoms with Gasteiger partial charge in [-0.1, -0.05) is 74.6 Å². The number of aliphatic hydroxyl groups excluding tert-OH is 1. The highest BCUT2D eigenvalue weighted by molar-refractivity contribution is 7.89. The molecule has 1 saturated carbocycles. The number of esters is 1. The fraction of sp³-hybridized carbons (Fsp3) is 0.519. The Bertz CT molecular complexity index is 1090. The number of nitrogens with one attached hydrogen (secondary N) is 1. The van der Waals surface area contributed by atoms with Crippen molar-refractivity contribution in [3.63, 3.8) is 0 Å². The molecule has 0 spiro atoms. The van der Waals surface area contributed by atoms with Crippen LogP contribution >= 0.6 is 0 Å². The number of unbranched alkanes of at least 4 members (excludes halogenated alkanes) is 1. The van der Waals surface area contributed by atoms with Gasteiger partial charge in [0, 0.05) is 6.42 Å². The molecule has 2 aromatic rings. The molecule has 2 aliphatic rings. The number of carbonyl (C=O) groups is 1. The smallest absolute Gasteiger partial charge is 0.311 e. The van der Waals surface area contributed by atoms with Crippen LogP contribution in [-0.2, 0) is 26.0 Å². The number of carbonyl (C=O) groups excluding carboxylic acids is 1. The summed E-state index contributed by atoms with van der Waals surface area (Å²) in [5.41, 5.74) is 2.75. The molecule has 2 aliphatic carbocycles. The van der Waals surface area contributed by atoms with Crippen molar-refractivity contribution in [1.82, 2.24) is 4.72 Å². The molecule has 0 aromatic heterocycles. The van der Waals surface area contributed by atoms with Crippen LogP contribution in [0.4, 0.5) is 0 Å². The first-order valence-corrected chi connectivity index (χ1v) is 13.8. The fourth-order valence-corrected chi connectivity index (χ4v) is 5.98. The van der Waals surface area contributed by atoms with Gasteiger partial charge in [-0.2, -0.15) is 4.72 Å². The molecule has 0 bridgehead atoms. The zero-order valence-corrected chi connectivity index (χ0v) is 20.8. The van der Waals surface area contributed by atoms with E-state index >= 15 is 0 Å². The van der Waals surface area contributed by atoms with Gasteiger partial charge < -0.3 is 9.84 Å². The highest BCUT2D eigenvalue weighted by atomic mass is 32.2. The Morgan fingerprint density at radius 1 is 1.15 bits per heavy atom. The second-order valence-electron chi connectivity index (χ2n) is 9.79. The molecule has 184 valence electrons. The number of hydrogen-bond acceptors (Lipinski definition) is 5. The van der Waals surface area contributed by atoms with Gasteiger partial charge in [-0.15, -0.1) is 0 Å². The number of hydrogen-bond donors (Lipinski definition) is 2. The Hall–Kier alpha value is -2.22. The van der Waals surface area contributed by atoms with Crippen LogP contribution in [0, 0.1) is 18.8 Å². The average Bonchev–Trinajstić information content (AvgIpc) is 3.58. The molecule has 0 radical (unpaired) electrons. The van der Waals surface area contributed by atoms with E-state index in [0.717, 1.165) is 42.4 Å². The Balaban J connectivity index is 1.54. The van der Waals surface area contributed by atoms with Gasteiger partial charge in [0.2, 0.25) is 10.0 Å². The predicted molar refractivity (Wildman–Crippen MR) is 131 cm³/mol. The van der Waals surface area contributed by atoms with Crippen LogP contribution in [0.2, 0.25) is 0 Å². The van der Waals surface area contributed by atoms with Gasteiger partial charge in [0.25, 0.3) is 0 Å². The van der Waals surface area contributed by atoms with Gasteiger partial charge in [0.1, 0.15) is 6.10 Å². The molecule has 4 atom stereocenters. The van der Waals surface area contributed by atoms with Gasteiger partial charge in [0.15, 0.2) is 0 Å². The van der Waals surface area contributed by atoms with Crippen LogP contribution < -0.4 is 4.72 Å². The molecule has 0 aliphatic heterocycles. The molecule has 2 aromatic carbocycles. The minimum absolute atomic E-state index is 0.175. The number of sulfonamides is 1. The van der Waals surface area contributed by atoms with Crippen molar-refractivity contribution in [3.8, 4) is 0 Å². The summed E-state index contributed by atoms with van der Waals surface area (Å²) in [6.07, 6.45) is 4.19. The van der Waals surface area contributed by atoms with E-state index in [1.807, 2.05) is 31.2 Å². The normalized spacial score (nSPS) is 21.6. The lowest BCUT2D eigenvalue weighted by Crippen LogP contribution is -2.39. The maximum absolute atomic E-state index is 13.3. The molecular weight excluding hydrogens is 450 g/mol. The van der Waals surface area contributed by atoms with E-state index in [0.29, 0.717) is 25.2 Å². The largest absolute Gasteiger partial charge is 0.460 e. The molecular formula is C27H35NO5S. The Morgan fingerprint density at radius 3 is 2.53 bits per heavy atom. The first-order valence-electron chi connectivity index (χ1n) is 12.3. The SMILES string of the molecule is CCCC[C@@H](O)[C@@H](CC1CC1)C(=O)O[C@H]1Cc2ccccc2[C@H]1NS(=O)(=O)c1ccc(C)cc1. The van der Waals surface area contributed by atoms with Gasteiger partial charge in [-0.05, 0) is 48.9 Å². The number of rotatable bonds is 11. The van der Waals surface area contributed by atoms with E-state index in [9.17, 15) is 18.3 Å². The molecule has 34 heavy (non-hydrogen) atoms. The van der Waals surface area contributed by atoms with Gasteiger partial charge >= 0.3 is 5.97 Å². The number of benzene rings is 2. The lowest BCUT2D eigenvalue weighted by atomic mass is 9.92. The summed E-state index contributed by atoms with van der Waals surface area (Å²) in [5, 5.41) is 10.7. The number of aliphatic hydroxyl groups is 1. The summed E-state index contributed by atoms with van der Waals surface area (Å²) >= 11 is 0. The van der Waals surface area contributed by atoms with E-state index in [-0.39, 0.29) is 4.90 Å². The maximum Gasteiger partial charge on any atom is 0.311 e. The van der Waals surface area contributed by atoms with E-state index < -0.39 is 40.2 Å². The first-order chi connectivity index (χ1) is 16.3. The topological polar surface area (TPSA) is 92.7 Å². The summed E-state index contributed by atoms with van der Waals surface area (Å²) in [5.74, 6) is -0.532. The van der Waals surface area contributed by atoms with Gasteiger partial charge in [-0.3, -0.25) is 4.79 Å². The molecule has 0 saturated heterocycles. The maximum atomic E-state index is 13.3. The first kappa shape index (κ1) is 24.9. The van der Waals surface area contributed by atoms with Crippen LogP contribution in [-0.4, -0.2) is 31.7 Å². The highest BCUT2D eigenvalue weighted by Gasteiger charge is 2.41. The van der Waals surface area contributed by atoms with Crippen LogP contribution in [0.3, 0.4) is 0 Å². The average molecular weight is 486 g/mol. The Kier molecular flexibility index (Phi) is 7.75. The third kappa shape index (κ3) is 5.88. The van der Waals surface area contributed by atoms with Crippen molar-refractivity contribution >= 4 is 16.0 Å². The van der Waals surface area contributed by atoms with Crippen LogP contribution in [0.5, 0.6) is 0 Å². The second-order valence-corrected chi connectivity index (χ2v) is 11.5. The molecule has 0 heterocycles. The minimum Gasteiger partial charge on any atom is -0.460 e. The standard InChI is InChI=1S/C27H35NO5S/c1-3-4-9-24(29)23(16-19-12-13-19)27(30)33-25-17-20-7-5-6-8-22(20)26(25)28-34(31,32)21-14-10-18(2)11-15-21/h5-8,10-11,14-15,19,23-26,28-29H,3-4,9,12-13,16-17H2,1-2H3/t23-,24-,25+,26-/m1/s1. The lowest BCUT2D eigenvalue weighted by molar-refractivity contribution is -0.159. The van der Waals surface area contributed by atoms with Crippen molar-refractivity contribution in [2.45, 2.75) is 81.9 Å². The molecule has 1 fully saturated rings. The number of ether oxygens (including phenoxy) is 1. The van der Waals surface area contributed by atoms with E-state index in [1.165, 1.54) is 0 Å². The highest BCUT2D eigenvalue weighted by Crippen LogP contribution is 2.39. The van der Waals surface area contributed by atoms with E-state index in [4.69, 9.17) is 4.74 Å². The third-order valence-electron chi connectivity index (χ3n) is 6.97. The lowest BCUT2D eigenvalue weighted by Gasteiger charge is -2.27. The Morgan fingerprint density at radius 2 is 1.85 bits per heavy atom. The third-order valence-corrected chi connectivity index (χ3v) is 8.43. The van der Waals surface area contributed by atoms with Crippen LogP contribution in [0.15, 0.2) is 53.4 Å². The molecule has 0 amide bonds. The fourth-order valence-electron chi connectivity index (χ4n) is 4.73. The van der Waals surface area contributed by atoms with Gasteiger partial charge in [0.05, 0.1) is 23.0 Å². The molecule has 2 N–H and O–H groups in total. The quantitative estimate of drug-likeness (QED) is 0.459. The zero-order chi connectivity index (χ0) is 24.3. The van der Waals surface area contributed by atoms with Crippen molar-refractivity contribution < 1.29 is 23.1 Å². The van der Waals surface area contributed by atoms with Crippen LogP contribution in [0.25, 0.3) is 0 Å². The molecule has 0 unspecified atom stereocenters. The predicted octanol–water partition coefficient (Wildman–Crippen LogP) is 4.45. The summed E-state index contributed by atoms with van der Waals surface area (Å²) in [6.45, 7) is 3.96. The van der Waals surface area contributed by atoms with Crippen molar-refractivity contribution in [3.05, 3.63) is 65.2 Å². The van der Waals surface area contributed by atoms with Crippen molar-refractivity contribution in [1.29, 1.82) is 0 Å². The monoisotopic (exact) mass is 485 g/mol. The van der Waals surface area contributed by atoms with Crippen LogP contribution in [0.1, 0.15) is 68.2 Å². The van der Waals surface area contributed by atoms with Crippen molar-refractivity contribution in [2.24, 2.45) is 11.8 Å². The number of aryl methyl sites for hydroxylation is 1. The molecule has 4 rings (SSSR count).